The van der Waals surface area contributed by atoms with Crippen molar-refractivity contribution in [3.63, 3.8) is 0 Å². The molecule has 0 saturated carbocycles. The summed E-state index contributed by atoms with van der Waals surface area (Å²) in [7, 11) is 1.59. The quantitative estimate of drug-likeness (QED) is 0.452. The molecule has 7 heteroatoms. The van der Waals surface area contributed by atoms with Crippen molar-refractivity contribution in [2.24, 2.45) is 0 Å². The summed E-state index contributed by atoms with van der Waals surface area (Å²) in [6, 6.07) is 22.5. The van der Waals surface area contributed by atoms with Crippen molar-refractivity contribution in [3.8, 4) is 11.4 Å². The molecule has 0 aliphatic heterocycles. The molecule has 0 atom stereocenters. The first-order valence-corrected chi connectivity index (χ1v) is 10.2. The number of benzene rings is 3. The van der Waals surface area contributed by atoms with Gasteiger partial charge in [0.1, 0.15) is 11.6 Å². The monoisotopic (exact) mass is 429 g/mol. The fraction of sp³-hybridized carbons (Fsp3) is 0.160. The normalized spacial score (nSPS) is 10.7. The number of para-hydroxylation sites is 1. The summed E-state index contributed by atoms with van der Waals surface area (Å²) in [5.41, 5.74) is 3.80. The Balaban J connectivity index is 1.39. The van der Waals surface area contributed by atoms with E-state index in [-0.39, 0.29) is 12.5 Å². The minimum Gasteiger partial charge on any atom is -0.497 e. The molecule has 0 fully saturated rings. The molecule has 0 bridgehead atoms. The Morgan fingerprint density at radius 3 is 2.59 bits per heavy atom. The smallest absolute Gasteiger partial charge is 0.338 e. The molecular formula is C25H23N3O4. The second kappa shape index (κ2) is 9.34. The van der Waals surface area contributed by atoms with E-state index >= 15 is 0 Å². The number of esters is 1. The lowest BCUT2D eigenvalue weighted by Gasteiger charge is -2.08. The first-order valence-electron chi connectivity index (χ1n) is 10.2. The number of hydrogen-bond acceptors (Lipinski definition) is 5. The van der Waals surface area contributed by atoms with Crippen LogP contribution in [0.1, 0.15) is 21.7 Å². The standard InChI is InChI=1S/C25H23N3O4/c1-17-27-22-14-19(11-12-23(22)28(17)20-8-4-3-5-9-20)25(30)32-16-24(29)26-15-18-7-6-10-21(13-18)31-2/h3-14H,15-16H2,1-2H3,(H,26,29). The number of hydrogen-bond donors (Lipinski definition) is 1. The lowest BCUT2D eigenvalue weighted by molar-refractivity contribution is -0.124. The predicted octanol–water partition coefficient (Wildman–Crippen LogP) is 3.82. The molecule has 4 aromatic rings. The van der Waals surface area contributed by atoms with Crippen molar-refractivity contribution in [1.82, 2.24) is 14.9 Å². The SMILES string of the molecule is COc1cccc(CNC(=O)COC(=O)c2ccc3c(c2)nc(C)n3-c2ccccc2)c1. The molecular weight excluding hydrogens is 406 g/mol. The van der Waals surface area contributed by atoms with Crippen LogP contribution in [0.15, 0.2) is 72.8 Å². The average Bonchev–Trinajstić information content (AvgIpc) is 3.16. The summed E-state index contributed by atoms with van der Waals surface area (Å²) in [5.74, 6) is 0.568. The highest BCUT2D eigenvalue weighted by Crippen LogP contribution is 2.22. The number of ether oxygens (including phenoxy) is 2. The van der Waals surface area contributed by atoms with Crippen LogP contribution in [0, 0.1) is 6.92 Å². The number of aryl methyl sites for hydroxylation is 1. The Hall–Kier alpha value is -4.13. The van der Waals surface area contributed by atoms with Crippen LogP contribution in [-0.4, -0.2) is 35.1 Å². The predicted molar refractivity (Wildman–Crippen MR) is 121 cm³/mol. The molecule has 0 aliphatic carbocycles. The largest absolute Gasteiger partial charge is 0.497 e. The average molecular weight is 429 g/mol. The van der Waals surface area contributed by atoms with E-state index in [2.05, 4.69) is 10.3 Å². The Morgan fingerprint density at radius 2 is 1.81 bits per heavy atom. The Morgan fingerprint density at radius 1 is 1.00 bits per heavy atom. The molecule has 0 radical (unpaired) electrons. The van der Waals surface area contributed by atoms with Crippen LogP contribution in [0.2, 0.25) is 0 Å². The molecule has 1 heterocycles. The van der Waals surface area contributed by atoms with Gasteiger partial charge >= 0.3 is 5.97 Å². The van der Waals surface area contributed by atoms with E-state index in [1.54, 1.807) is 19.2 Å². The Labute approximate surface area is 185 Å². The molecule has 1 aromatic heterocycles. The first kappa shape index (κ1) is 21.1. The topological polar surface area (TPSA) is 82.4 Å². The van der Waals surface area contributed by atoms with Gasteiger partial charge in [-0.05, 0) is 55.0 Å². The zero-order valence-corrected chi connectivity index (χ0v) is 17.9. The Kier molecular flexibility index (Phi) is 6.17. The van der Waals surface area contributed by atoms with E-state index in [0.717, 1.165) is 22.6 Å². The highest BCUT2D eigenvalue weighted by Gasteiger charge is 2.14. The number of carbonyl (C=O) groups is 2. The van der Waals surface area contributed by atoms with Gasteiger partial charge in [-0.3, -0.25) is 9.36 Å². The van der Waals surface area contributed by atoms with Crippen LogP contribution in [0.4, 0.5) is 0 Å². The molecule has 1 amide bonds. The van der Waals surface area contributed by atoms with Gasteiger partial charge in [0.25, 0.3) is 5.91 Å². The van der Waals surface area contributed by atoms with E-state index < -0.39 is 5.97 Å². The minimum atomic E-state index is -0.574. The fourth-order valence-corrected chi connectivity index (χ4v) is 3.48. The van der Waals surface area contributed by atoms with E-state index in [9.17, 15) is 9.59 Å². The number of imidazole rings is 1. The van der Waals surface area contributed by atoms with Gasteiger partial charge in [-0.15, -0.1) is 0 Å². The highest BCUT2D eigenvalue weighted by atomic mass is 16.5. The van der Waals surface area contributed by atoms with Crippen LogP contribution in [-0.2, 0) is 16.1 Å². The van der Waals surface area contributed by atoms with Gasteiger partial charge in [-0.2, -0.15) is 0 Å². The third-order valence-electron chi connectivity index (χ3n) is 5.03. The van der Waals surface area contributed by atoms with Crippen LogP contribution in [0.25, 0.3) is 16.7 Å². The van der Waals surface area contributed by atoms with Gasteiger partial charge < -0.3 is 14.8 Å². The van der Waals surface area contributed by atoms with Gasteiger partial charge in [-0.1, -0.05) is 30.3 Å². The van der Waals surface area contributed by atoms with Gasteiger partial charge in [0.15, 0.2) is 6.61 Å². The molecule has 32 heavy (non-hydrogen) atoms. The summed E-state index contributed by atoms with van der Waals surface area (Å²) in [6.07, 6.45) is 0. The van der Waals surface area contributed by atoms with Crippen LogP contribution in [0.5, 0.6) is 5.75 Å². The van der Waals surface area contributed by atoms with Crippen molar-refractivity contribution < 1.29 is 19.1 Å². The number of fused-ring (bicyclic) bond motifs is 1. The van der Waals surface area contributed by atoms with Crippen molar-refractivity contribution in [2.45, 2.75) is 13.5 Å². The zero-order valence-electron chi connectivity index (χ0n) is 17.9. The maximum absolute atomic E-state index is 12.5. The van der Waals surface area contributed by atoms with Gasteiger partial charge in [0, 0.05) is 12.2 Å². The molecule has 0 aliphatic rings. The highest BCUT2D eigenvalue weighted by molar-refractivity contribution is 5.95. The summed E-state index contributed by atoms with van der Waals surface area (Å²) < 4.78 is 12.4. The van der Waals surface area contributed by atoms with Crippen LogP contribution >= 0.6 is 0 Å². The number of rotatable bonds is 7. The lowest BCUT2D eigenvalue weighted by Crippen LogP contribution is -2.28. The maximum Gasteiger partial charge on any atom is 0.338 e. The number of methoxy groups -OCH3 is 1. The van der Waals surface area contributed by atoms with E-state index in [0.29, 0.717) is 23.4 Å². The number of carbonyl (C=O) groups excluding carboxylic acids is 2. The second-order valence-electron chi connectivity index (χ2n) is 7.24. The van der Waals surface area contributed by atoms with Crippen molar-refractivity contribution >= 4 is 22.9 Å². The molecule has 4 rings (SSSR count). The summed E-state index contributed by atoms with van der Waals surface area (Å²) >= 11 is 0. The molecule has 0 saturated heterocycles. The third-order valence-corrected chi connectivity index (χ3v) is 5.03. The Bertz CT molecular complexity index is 1260. The van der Waals surface area contributed by atoms with Crippen molar-refractivity contribution in [1.29, 1.82) is 0 Å². The number of aromatic nitrogens is 2. The minimum absolute atomic E-state index is 0.315. The van der Waals surface area contributed by atoms with E-state index in [4.69, 9.17) is 9.47 Å². The summed E-state index contributed by atoms with van der Waals surface area (Å²) in [4.78, 5) is 29.1. The van der Waals surface area contributed by atoms with E-state index in [1.165, 1.54) is 0 Å². The van der Waals surface area contributed by atoms with Crippen molar-refractivity contribution in [3.05, 3.63) is 89.7 Å². The maximum atomic E-state index is 12.5. The summed E-state index contributed by atoms with van der Waals surface area (Å²) in [5, 5.41) is 2.73. The fourth-order valence-electron chi connectivity index (χ4n) is 3.48. The molecule has 0 spiro atoms. The van der Waals surface area contributed by atoms with E-state index in [1.807, 2.05) is 72.2 Å². The first-order chi connectivity index (χ1) is 15.5. The molecule has 1 N–H and O–H groups in total. The lowest BCUT2D eigenvalue weighted by atomic mass is 10.2. The zero-order chi connectivity index (χ0) is 22.5. The number of amides is 1. The molecule has 7 nitrogen and oxygen atoms in total. The number of nitrogens with zero attached hydrogens (tertiary/aromatic N) is 2. The molecule has 3 aromatic carbocycles. The van der Waals surface area contributed by atoms with Gasteiger partial charge in [-0.25, -0.2) is 9.78 Å². The van der Waals surface area contributed by atoms with Crippen molar-refractivity contribution in [2.75, 3.05) is 13.7 Å². The van der Waals surface area contributed by atoms with Crippen LogP contribution < -0.4 is 10.1 Å². The van der Waals surface area contributed by atoms with Gasteiger partial charge in [0.2, 0.25) is 0 Å². The third kappa shape index (κ3) is 4.62. The summed E-state index contributed by atoms with van der Waals surface area (Å²) in [6.45, 7) is 1.87. The second-order valence-corrected chi connectivity index (χ2v) is 7.24. The van der Waals surface area contributed by atoms with Gasteiger partial charge in [0.05, 0.1) is 23.7 Å². The molecule has 0 unspecified atom stereocenters. The molecule has 162 valence electrons. The van der Waals surface area contributed by atoms with Crippen LogP contribution in [0.3, 0.4) is 0 Å². The number of nitrogens with one attached hydrogen (secondary N) is 1.